The average Bonchev–Trinajstić information content (AvgIpc) is 1.23. The van der Waals surface area contributed by atoms with Crippen molar-refractivity contribution in [2.45, 2.75) is 174 Å². The highest BCUT2D eigenvalue weighted by Gasteiger charge is 2.32. The summed E-state index contributed by atoms with van der Waals surface area (Å²) < 4.78 is 0. The van der Waals surface area contributed by atoms with Crippen molar-refractivity contribution < 1.29 is 29.7 Å². The van der Waals surface area contributed by atoms with E-state index < -0.39 is 0 Å². The van der Waals surface area contributed by atoms with E-state index in [1.807, 2.05) is 94.9 Å². The van der Waals surface area contributed by atoms with Crippen LogP contribution >= 0.6 is 0 Å². The number of carbonyl (C=O) groups is 4. The minimum Gasteiger partial charge on any atom is -0.365 e. The van der Waals surface area contributed by atoms with Gasteiger partial charge in [0, 0.05) is 177 Å². The molecule has 4 aromatic heterocycles. The second-order valence-corrected chi connectivity index (χ2v) is 39.9. The molecule has 0 spiro atoms. The van der Waals surface area contributed by atoms with E-state index in [2.05, 4.69) is 198 Å². The summed E-state index contributed by atoms with van der Waals surface area (Å²) in [4.78, 5) is 104. The van der Waals surface area contributed by atoms with E-state index in [-0.39, 0.29) is 63.1 Å². The van der Waals surface area contributed by atoms with E-state index in [1.54, 1.807) is 69.7 Å². The molecule has 0 bridgehead atoms. The van der Waals surface area contributed by atoms with Gasteiger partial charge in [-0.05, 0) is 179 Å². The highest BCUT2D eigenvalue weighted by molar-refractivity contribution is 5.98. The Kier molecular flexibility index (Phi) is 37.0. The Labute approximate surface area is 804 Å². The monoisotopic (exact) mass is 1850 g/mol. The summed E-state index contributed by atoms with van der Waals surface area (Å²) in [6, 6.07) is 29.3. The number of rotatable bonds is 28. The highest BCUT2D eigenvalue weighted by Crippen LogP contribution is 2.38. The van der Waals surface area contributed by atoms with Crippen LogP contribution in [0.4, 0.5) is 93.1 Å². The normalized spacial score (nSPS) is 15.0. The van der Waals surface area contributed by atoms with Crippen molar-refractivity contribution in [1.29, 1.82) is 15.8 Å². The van der Waals surface area contributed by atoms with E-state index in [4.69, 9.17) is 51.1 Å². The first-order chi connectivity index (χ1) is 63.8. The third-order valence-corrected chi connectivity index (χ3v) is 22.7. The fourth-order valence-electron chi connectivity index (χ4n) is 16.2. The van der Waals surface area contributed by atoms with Crippen molar-refractivity contribution in [2.24, 2.45) is 21.7 Å². The number of benzene rings is 4. The zero-order chi connectivity index (χ0) is 99.0. The van der Waals surface area contributed by atoms with Crippen LogP contribution < -0.4 is 93.8 Å². The predicted octanol–water partition coefficient (Wildman–Crippen LogP) is 15.0. The molecular weight excluding hydrogens is 1700 g/mol. The van der Waals surface area contributed by atoms with E-state index in [9.17, 15) is 35.0 Å². The molecule has 7 heterocycles. The molecule has 12 rings (SSSR count). The van der Waals surface area contributed by atoms with Gasteiger partial charge >= 0.3 is 0 Å². The van der Waals surface area contributed by atoms with Crippen LogP contribution in [0.5, 0.6) is 0 Å². The maximum Gasteiger partial charge on any atom is 0.274 e. The second-order valence-electron chi connectivity index (χ2n) is 39.9. The Hall–Kier alpha value is -13.5. The van der Waals surface area contributed by atoms with Gasteiger partial charge in [-0.2, -0.15) is 55.7 Å². The lowest BCUT2D eigenvalue weighted by Gasteiger charge is -2.29. The molecule has 35 heteroatoms. The zero-order valence-corrected chi connectivity index (χ0v) is 83.8. The topological polar surface area (TPSA) is 428 Å². The van der Waals surface area contributed by atoms with E-state index in [0.29, 0.717) is 132 Å². The lowest BCUT2D eigenvalue weighted by molar-refractivity contribution is 0.0537. The number of hydrogen-bond donors (Lipinski definition) is 13. The van der Waals surface area contributed by atoms with Gasteiger partial charge in [0.05, 0.1) is 7.11 Å². The number of carbonyl (C=O) groups excluding carboxylic acids is 4. The molecule has 4 aromatic carbocycles. The van der Waals surface area contributed by atoms with Gasteiger partial charge in [0.25, 0.3) is 23.6 Å². The van der Waals surface area contributed by atoms with Crippen LogP contribution in [0.25, 0.3) is 0 Å². The minimum atomic E-state index is -0.358. The molecule has 3 aliphatic heterocycles. The summed E-state index contributed by atoms with van der Waals surface area (Å²) in [5.41, 5.74) is 13.0. The molecule has 1 saturated carbocycles. The third kappa shape index (κ3) is 30.5. The lowest BCUT2D eigenvalue weighted by Crippen LogP contribution is -2.33. The average molecular weight is 1850 g/mol. The van der Waals surface area contributed by atoms with Crippen molar-refractivity contribution in [1.82, 2.24) is 76.8 Å². The third-order valence-electron chi connectivity index (χ3n) is 22.7. The minimum absolute atomic E-state index is 0. The largest absolute Gasteiger partial charge is 0.365 e. The van der Waals surface area contributed by atoms with Gasteiger partial charge < -0.3 is 93.2 Å². The van der Waals surface area contributed by atoms with Crippen LogP contribution in [0.1, 0.15) is 220 Å². The van der Waals surface area contributed by atoms with Gasteiger partial charge in [0.1, 0.15) is 46.3 Å². The molecular formula is C100H150N30O5. The molecule has 8 aromatic rings. The standard InChI is InChI=1S/C26H38N8O2.2C25H35N7O.C24H34N8O.4H2/c1-18-9-10-19(24(35)31-36-7)15-21(18)28-22-20(16-27)23(34-12-8-11-32(5)13-14-34)30-25(29-22)33(6)17-26(2,3)4;1-16-11-12-17(23(33)27-5)13-20(16)29-21-19(14-26)22(32(6)15-25(2,3)4)31-24(30-21)28-18-9-7-8-10-18;1-8-19-21(28-18-11-12-27-14-18)30-24(31-22(19)32(7)15-25(3,4)5)29-20-13-17(23(33)26-6)10-9-16(20)2;1-15-7-8-16(22(33)26-5)11-19(15)29-21-18(12-25)20(28-17-9-10-27-13-17)30-23(31-21)32(6)14-24(2,3)4;;;;/h9-10,15H,8,11-14,17H2,1-7H3,(H,31,35)(H,28,29,30);11-13,18H,7-10,15H2,1-6H3,(H,27,33)(H2,28,29,30,31);1,9-10,13,18,27H,11-12,14-15H2,2-7H3,(H,26,33)(H2,28,29,30,31);7-8,11,17,27H,9-10,13-14H2,1-6H3,(H,26,33)(H2,28,29,30,31);4*1H/t;;18-;17-;;;;/m..11..../s1. The summed E-state index contributed by atoms with van der Waals surface area (Å²) in [6.07, 6.45) is 13.5. The van der Waals surface area contributed by atoms with Crippen molar-refractivity contribution >= 4 is 117 Å². The quantitative estimate of drug-likeness (QED) is 0.0160. The molecule has 3 saturated heterocycles. The molecule has 35 nitrogen and oxygen atoms in total. The number of nitrogens with zero attached hydrogens (tertiary/aromatic N) is 17. The number of amides is 4. The number of hydrogen-bond acceptors (Lipinski definition) is 31. The number of nitriles is 3. The number of anilines is 16. The molecule has 4 fully saturated rings. The van der Waals surface area contributed by atoms with Crippen LogP contribution in [0.3, 0.4) is 0 Å². The van der Waals surface area contributed by atoms with Crippen molar-refractivity contribution in [3.05, 3.63) is 140 Å². The van der Waals surface area contributed by atoms with Gasteiger partial charge in [0.15, 0.2) is 40.7 Å². The fourth-order valence-corrected chi connectivity index (χ4v) is 16.2. The summed E-state index contributed by atoms with van der Waals surface area (Å²) in [5, 5.41) is 68.6. The highest BCUT2D eigenvalue weighted by atomic mass is 16.6. The van der Waals surface area contributed by atoms with Gasteiger partial charge in [-0.15, -0.1) is 6.42 Å². The Morgan fingerprint density at radius 1 is 0.444 bits per heavy atom. The van der Waals surface area contributed by atoms with Crippen molar-refractivity contribution in [3.63, 3.8) is 0 Å². The van der Waals surface area contributed by atoms with Crippen LogP contribution in [-0.2, 0) is 4.84 Å². The molecule has 0 radical (unpaired) electrons. The predicted molar refractivity (Wildman–Crippen MR) is 552 cm³/mol. The van der Waals surface area contributed by atoms with Gasteiger partial charge in [0.2, 0.25) is 23.8 Å². The number of aromatic nitrogens is 8. The molecule has 730 valence electrons. The van der Waals surface area contributed by atoms with Crippen LogP contribution in [0.15, 0.2) is 72.8 Å². The van der Waals surface area contributed by atoms with Crippen LogP contribution in [0, 0.1) is 95.7 Å². The first-order valence-corrected chi connectivity index (χ1v) is 46.2. The van der Waals surface area contributed by atoms with E-state index in [1.165, 1.54) is 20.0 Å². The van der Waals surface area contributed by atoms with Crippen LogP contribution in [0.2, 0.25) is 0 Å². The number of terminal acetylenes is 1. The lowest BCUT2D eigenvalue weighted by atomic mass is 9.96. The number of aryl methyl sites for hydroxylation is 4. The molecule has 0 unspecified atom stereocenters. The van der Waals surface area contributed by atoms with Gasteiger partial charge in [-0.1, -0.05) is 126 Å². The molecule has 4 amide bonds. The number of likely N-dealkylation sites (N-methyl/N-ethyl adjacent to an activating group) is 1. The zero-order valence-electron chi connectivity index (χ0n) is 83.8. The second kappa shape index (κ2) is 47.5. The van der Waals surface area contributed by atoms with Gasteiger partial charge in [-0.3, -0.25) is 24.0 Å². The molecule has 2 atom stereocenters. The Morgan fingerprint density at radius 3 is 1.23 bits per heavy atom. The maximum atomic E-state index is 12.3. The molecule has 135 heavy (non-hydrogen) atoms. The number of hydroxylamine groups is 1. The molecule has 1 aliphatic carbocycles. The Bertz CT molecular complexity index is 5550. The summed E-state index contributed by atoms with van der Waals surface area (Å²) in [6.45, 7) is 43.8. The van der Waals surface area contributed by atoms with Crippen molar-refractivity contribution in [3.8, 4) is 30.6 Å². The Morgan fingerprint density at radius 2 is 0.822 bits per heavy atom. The summed E-state index contributed by atoms with van der Waals surface area (Å²) in [5.74, 6) is 8.29. The SMILES string of the molecule is C#Cc1c(N[C@@H]2CCNC2)nc(Nc2cc(C(=O)NC)ccc2C)nc1N(C)CC(C)(C)C.CNC(=O)c1ccc(C)c(Nc2nc(N(C)CC(C)(C)C)nc(N[C@@H]3CCNC3)c2C#N)c1.CNC(=O)c1ccc(C)c(Nc2nc(NC3CCCC3)nc(N(C)CC(C)(C)C)c2C#N)c1.CONC(=O)c1ccc(C)c(Nc2nc(N(C)CC(C)(C)C)nc(N3CCCN(C)CC3)c2C#N)c1.[HH].[HH].[HH].[HH]. The number of nitrogens with one attached hydrogen (secondary N) is 13. The van der Waals surface area contributed by atoms with E-state index >= 15 is 0 Å². The van der Waals surface area contributed by atoms with E-state index in [0.717, 1.165) is 144 Å². The molecule has 4 aliphatic rings. The smallest absolute Gasteiger partial charge is 0.274 e. The summed E-state index contributed by atoms with van der Waals surface area (Å²) >= 11 is 0. The Balaban J connectivity index is 0.000000324. The molecule has 13 N–H and O–H groups in total. The van der Waals surface area contributed by atoms with Gasteiger partial charge in [-0.25, -0.2) is 5.48 Å². The summed E-state index contributed by atoms with van der Waals surface area (Å²) in [7, 11) is 16.2. The fraction of sp³-hybridized carbons (Fsp3) is 0.510. The first kappa shape index (κ1) is 105. The first-order valence-electron chi connectivity index (χ1n) is 46.2. The van der Waals surface area contributed by atoms with Crippen molar-refractivity contribution in [2.75, 3.05) is 204 Å². The maximum absolute atomic E-state index is 12.3. The van der Waals surface area contributed by atoms with Crippen LogP contribution in [-0.4, -0.2) is 229 Å².